The van der Waals surface area contributed by atoms with Gasteiger partial charge in [0, 0.05) is 31.7 Å². The molecule has 2 aliphatic heterocycles. The van der Waals surface area contributed by atoms with E-state index in [4.69, 9.17) is 0 Å². The third-order valence-electron chi connectivity index (χ3n) is 5.59. The molecule has 0 bridgehead atoms. The Bertz CT molecular complexity index is 260. The van der Waals surface area contributed by atoms with E-state index in [1.165, 1.54) is 77.5 Å². The van der Waals surface area contributed by atoms with Gasteiger partial charge in [-0.15, -0.1) is 0 Å². The van der Waals surface area contributed by atoms with Crippen LogP contribution in [0.5, 0.6) is 0 Å². The Balaban J connectivity index is 1.60. The molecule has 2 unspecified atom stereocenters. The van der Waals surface area contributed by atoms with Crippen LogP contribution in [0.15, 0.2) is 0 Å². The highest BCUT2D eigenvalue weighted by atomic mass is 15.3. The number of rotatable bonds is 3. The lowest BCUT2D eigenvalue weighted by Crippen LogP contribution is -2.59. The van der Waals surface area contributed by atoms with Crippen molar-refractivity contribution in [3.63, 3.8) is 0 Å². The zero-order valence-electron chi connectivity index (χ0n) is 12.1. The largest absolute Gasteiger partial charge is 0.298 e. The van der Waals surface area contributed by atoms with Gasteiger partial charge in [0.25, 0.3) is 0 Å². The Labute approximate surface area is 113 Å². The van der Waals surface area contributed by atoms with Crippen LogP contribution in [0.25, 0.3) is 0 Å². The van der Waals surface area contributed by atoms with Gasteiger partial charge in [0.2, 0.25) is 0 Å². The van der Waals surface area contributed by atoms with Crippen LogP contribution >= 0.6 is 0 Å². The van der Waals surface area contributed by atoms with E-state index >= 15 is 0 Å². The Kier molecular flexibility index (Phi) is 4.25. The fourth-order valence-corrected chi connectivity index (χ4v) is 4.45. The van der Waals surface area contributed by atoms with Gasteiger partial charge in [0.15, 0.2) is 0 Å². The third-order valence-corrected chi connectivity index (χ3v) is 5.59. The summed E-state index contributed by atoms with van der Waals surface area (Å²) in [7, 11) is 0. The lowest BCUT2D eigenvalue weighted by Gasteiger charge is -2.49. The molecule has 2 atom stereocenters. The summed E-state index contributed by atoms with van der Waals surface area (Å²) >= 11 is 0. The van der Waals surface area contributed by atoms with Crippen molar-refractivity contribution >= 4 is 0 Å². The quantitative estimate of drug-likeness (QED) is 0.759. The molecule has 0 aromatic heterocycles. The number of hydrogen-bond donors (Lipinski definition) is 0. The second-order valence-electron chi connectivity index (χ2n) is 6.81. The summed E-state index contributed by atoms with van der Waals surface area (Å²) in [5, 5.41) is 0. The van der Waals surface area contributed by atoms with Crippen LogP contribution in [0.2, 0.25) is 0 Å². The molecule has 2 nitrogen and oxygen atoms in total. The zero-order valence-corrected chi connectivity index (χ0v) is 12.1. The molecule has 3 fully saturated rings. The second kappa shape index (κ2) is 5.92. The Morgan fingerprint density at radius 2 is 1.72 bits per heavy atom. The molecule has 0 aromatic carbocycles. The van der Waals surface area contributed by atoms with Crippen LogP contribution in [0.1, 0.15) is 58.3 Å². The smallest absolute Gasteiger partial charge is 0.0223 e. The van der Waals surface area contributed by atoms with Gasteiger partial charge >= 0.3 is 0 Å². The summed E-state index contributed by atoms with van der Waals surface area (Å²) in [4.78, 5) is 5.66. The predicted octanol–water partition coefficient (Wildman–Crippen LogP) is 3.13. The Hall–Kier alpha value is -0.0800. The Morgan fingerprint density at radius 3 is 2.50 bits per heavy atom. The van der Waals surface area contributed by atoms with Crippen molar-refractivity contribution in [3.05, 3.63) is 0 Å². The van der Waals surface area contributed by atoms with Crippen molar-refractivity contribution in [1.29, 1.82) is 0 Å². The van der Waals surface area contributed by atoms with Crippen LogP contribution in [-0.4, -0.2) is 48.1 Å². The van der Waals surface area contributed by atoms with Gasteiger partial charge < -0.3 is 0 Å². The minimum atomic E-state index is 0.847. The monoisotopic (exact) mass is 250 g/mol. The molecular weight excluding hydrogens is 220 g/mol. The first-order valence-corrected chi connectivity index (χ1v) is 8.35. The summed E-state index contributed by atoms with van der Waals surface area (Å²) in [6.07, 6.45) is 11.7. The topological polar surface area (TPSA) is 6.48 Å². The average molecular weight is 250 g/mol. The van der Waals surface area contributed by atoms with E-state index in [1.807, 2.05) is 0 Å². The molecule has 104 valence electrons. The van der Waals surface area contributed by atoms with Crippen LogP contribution in [-0.2, 0) is 0 Å². The highest BCUT2D eigenvalue weighted by molar-refractivity contribution is 4.91. The highest BCUT2D eigenvalue weighted by Crippen LogP contribution is 2.30. The van der Waals surface area contributed by atoms with E-state index in [0.29, 0.717) is 0 Å². The van der Waals surface area contributed by atoms with Gasteiger partial charge in [-0.3, -0.25) is 9.80 Å². The molecule has 2 saturated heterocycles. The summed E-state index contributed by atoms with van der Waals surface area (Å²) in [6.45, 7) is 7.89. The van der Waals surface area contributed by atoms with Gasteiger partial charge in [0.05, 0.1) is 0 Å². The molecule has 0 aromatic rings. The molecule has 0 radical (unpaired) electrons. The predicted molar refractivity (Wildman–Crippen MR) is 76.8 cm³/mol. The SMILES string of the molecule is CCC1CN2CCCCC2CN1CC1CCCC1. The molecule has 2 heteroatoms. The normalized spacial score (nSPS) is 35.8. The van der Waals surface area contributed by atoms with Crippen molar-refractivity contribution in [3.8, 4) is 0 Å². The minimum Gasteiger partial charge on any atom is -0.298 e. The standard InChI is InChI=1S/C16H30N2/c1-2-15-12-17-10-6-5-9-16(17)13-18(15)11-14-7-3-4-8-14/h14-16H,2-13H2,1H3. The molecule has 0 N–H and O–H groups in total. The van der Waals surface area contributed by atoms with E-state index in [2.05, 4.69) is 16.7 Å². The second-order valence-corrected chi connectivity index (χ2v) is 6.81. The first kappa shape index (κ1) is 12.9. The van der Waals surface area contributed by atoms with Gasteiger partial charge in [-0.25, -0.2) is 0 Å². The molecule has 3 aliphatic rings. The summed E-state index contributed by atoms with van der Waals surface area (Å²) in [6, 6.07) is 1.74. The van der Waals surface area contributed by atoms with E-state index in [9.17, 15) is 0 Å². The van der Waals surface area contributed by atoms with Crippen LogP contribution < -0.4 is 0 Å². The van der Waals surface area contributed by atoms with Crippen LogP contribution in [0.3, 0.4) is 0 Å². The lowest BCUT2D eigenvalue weighted by molar-refractivity contribution is 0.000491. The number of piperidine rings is 1. The van der Waals surface area contributed by atoms with Gasteiger partial charge in [-0.1, -0.05) is 26.2 Å². The van der Waals surface area contributed by atoms with Crippen molar-refractivity contribution in [2.75, 3.05) is 26.2 Å². The maximum absolute atomic E-state index is 2.86. The maximum atomic E-state index is 2.86. The first-order valence-electron chi connectivity index (χ1n) is 8.35. The van der Waals surface area contributed by atoms with Gasteiger partial charge in [0.1, 0.15) is 0 Å². The minimum absolute atomic E-state index is 0.847. The van der Waals surface area contributed by atoms with Crippen LogP contribution in [0.4, 0.5) is 0 Å². The number of fused-ring (bicyclic) bond motifs is 1. The van der Waals surface area contributed by atoms with Crippen molar-refractivity contribution in [1.82, 2.24) is 9.80 Å². The molecule has 1 aliphatic carbocycles. The molecule has 2 heterocycles. The fourth-order valence-electron chi connectivity index (χ4n) is 4.45. The van der Waals surface area contributed by atoms with Crippen molar-refractivity contribution in [2.45, 2.75) is 70.4 Å². The summed E-state index contributed by atoms with van der Waals surface area (Å²) in [5.41, 5.74) is 0. The molecule has 1 saturated carbocycles. The van der Waals surface area contributed by atoms with Crippen molar-refractivity contribution < 1.29 is 0 Å². The molecule has 0 spiro atoms. The van der Waals surface area contributed by atoms with E-state index in [-0.39, 0.29) is 0 Å². The van der Waals surface area contributed by atoms with Crippen molar-refractivity contribution in [2.24, 2.45) is 5.92 Å². The molecule has 18 heavy (non-hydrogen) atoms. The molecule has 0 amide bonds. The average Bonchev–Trinajstić information content (AvgIpc) is 2.91. The number of hydrogen-bond acceptors (Lipinski definition) is 2. The van der Waals surface area contributed by atoms with E-state index < -0.39 is 0 Å². The van der Waals surface area contributed by atoms with E-state index in [0.717, 1.165) is 18.0 Å². The number of nitrogens with zero attached hydrogens (tertiary/aromatic N) is 2. The fraction of sp³-hybridized carbons (Fsp3) is 1.00. The van der Waals surface area contributed by atoms with Gasteiger partial charge in [-0.2, -0.15) is 0 Å². The molecule has 3 rings (SSSR count). The Morgan fingerprint density at radius 1 is 0.944 bits per heavy atom. The zero-order chi connectivity index (χ0) is 12.4. The third kappa shape index (κ3) is 2.75. The van der Waals surface area contributed by atoms with E-state index in [1.54, 1.807) is 0 Å². The lowest BCUT2D eigenvalue weighted by atomic mass is 9.94. The summed E-state index contributed by atoms with van der Waals surface area (Å²) in [5.74, 6) is 1.02. The maximum Gasteiger partial charge on any atom is 0.0223 e. The molecular formula is C16H30N2. The summed E-state index contributed by atoms with van der Waals surface area (Å²) < 4.78 is 0. The highest BCUT2D eigenvalue weighted by Gasteiger charge is 2.35. The van der Waals surface area contributed by atoms with Crippen LogP contribution in [0, 0.1) is 5.92 Å². The van der Waals surface area contributed by atoms with Gasteiger partial charge in [-0.05, 0) is 44.6 Å². The first-order chi connectivity index (χ1) is 8.86. The number of piperazine rings is 1.